The molecule has 0 radical (unpaired) electrons. The number of carbonyl (C=O) groups is 2. The zero-order valence-corrected chi connectivity index (χ0v) is 22.8. The Bertz CT molecular complexity index is 940. The highest BCUT2D eigenvalue weighted by Gasteiger charge is 2.36. The van der Waals surface area contributed by atoms with Gasteiger partial charge in [-0.1, -0.05) is 18.0 Å². The van der Waals surface area contributed by atoms with E-state index in [2.05, 4.69) is 15.1 Å². The molecule has 4 aliphatic rings. The van der Waals surface area contributed by atoms with Gasteiger partial charge in [0.05, 0.1) is 24.3 Å². The minimum absolute atomic E-state index is 0.0485. The van der Waals surface area contributed by atoms with Crippen LogP contribution in [-0.2, 0) is 14.3 Å². The highest BCUT2D eigenvalue weighted by molar-refractivity contribution is 6.34. The number of fused-ring (bicyclic) bond motifs is 3. The van der Waals surface area contributed by atoms with E-state index >= 15 is 0 Å². The van der Waals surface area contributed by atoms with Crippen molar-refractivity contribution >= 4 is 29.2 Å². The van der Waals surface area contributed by atoms with E-state index in [1.54, 1.807) is 19.2 Å². The highest BCUT2D eigenvalue weighted by atomic mass is 35.5. The molecule has 0 aliphatic carbocycles. The summed E-state index contributed by atoms with van der Waals surface area (Å²) in [5.74, 6) is 0.558. The lowest BCUT2D eigenvalue weighted by Gasteiger charge is -2.43. The molecule has 0 spiro atoms. The van der Waals surface area contributed by atoms with Gasteiger partial charge in [-0.15, -0.1) is 0 Å². The van der Waals surface area contributed by atoms with E-state index in [0.717, 1.165) is 77.8 Å². The Morgan fingerprint density at radius 2 is 1.84 bits per heavy atom. The van der Waals surface area contributed by atoms with Crippen LogP contribution in [0.5, 0.6) is 5.75 Å². The molecule has 10 heteroatoms. The van der Waals surface area contributed by atoms with E-state index in [0.29, 0.717) is 23.8 Å². The molecule has 3 N–H and O–H groups in total. The molecule has 5 rings (SSSR count). The van der Waals surface area contributed by atoms with Crippen LogP contribution in [0, 0.1) is 5.92 Å². The van der Waals surface area contributed by atoms with E-state index in [4.69, 9.17) is 31.5 Å². The molecule has 3 atom stereocenters. The summed E-state index contributed by atoms with van der Waals surface area (Å²) in [6.45, 7) is 5.74. The number of carbonyl (C=O) groups excluding carboxylic acids is 2. The third kappa shape index (κ3) is 7.28. The summed E-state index contributed by atoms with van der Waals surface area (Å²) in [7, 11) is 3.16. The summed E-state index contributed by atoms with van der Waals surface area (Å²) in [4.78, 5) is 30.1. The van der Waals surface area contributed by atoms with Crippen molar-refractivity contribution in [3.05, 3.63) is 22.7 Å². The Kier molecular flexibility index (Phi) is 9.92. The molecule has 1 aromatic rings. The van der Waals surface area contributed by atoms with Crippen LogP contribution in [0.1, 0.15) is 55.3 Å². The van der Waals surface area contributed by atoms with Gasteiger partial charge < -0.3 is 30.2 Å². The third-order valence-corrected chi connectivity index (χ3v) is 8.32. The number of amides is 1. The minimum Gasteiger partial charge on any atom is -0.496 e. The number of methoxy groups -OCH3 is 2. The maximum atomic E-state index is 13.0. The normalized spacial score (nSPS) is 27.6. The van der Waals surface area contributed by atoms with Gasteiger partial charge in [0.1, 0.15) is 17.4 Å². The van der Waals surface area contributed by atoms with Crippen molar-refractivity contribution in [2.45, 2.75) is 63.2 Å². The van der Waals surface area contributed by atoms with Gasteiger partial charge >= 0.3 is 5.97 Å². The van der Waals surface area contributed by atoms with E-state index < -0.39 is 0 Å². The van der Waals surface area contributed by atoms with Crippen LogP contribution in [0.25, 0.3) is 0 Å². The lowest BCUT2D eigenvalue weighted by Crippen LogP contribution is -2.55. The lowest BCUT2D eigenvalue weighted by atomic mass is 9.86. The van der Waals surface area contributed by atoms with Gasteiger partial charge in [0.15, 0.2) is 0 Å². The van der Waals surface area contributed by atoms with Crippen LogP contribution in [0.4, 0.5) is 5.69 Å². The molecule has 4 fully saturated rings. The number of anilines is 1. The van der Waals surface area contributed by atoms with Crippen molar-refractivity contribution in [1.82, 2.24) is 15.1 Å². The molecule has 9 nitrogen and oxygen atoms in total. The molecule has 1 aromatic carbocycles. The van der Waals surface area contributed by atoms with Crippen LogP contribution in [0.2, 0.25) is 5.02 Å². The largest absolute Gasteiger partial charge is 0.496 e. The molecule has 0 saturated carbocycles. The second-order valence-corrected chi connectivity index (χ2v) is 10.9. The Morgan fingerprint density at radius 1 is 1.05 bits per heavy atom. The van der Waals surface area contributed by atoms with Crippen molar-refractivity contribution in [3.8, 4) is 5.75 Å². The van der Waals surface area contributed by atoms with Crippen LogP contribution in [0.15, 0.2) is 12.1 Å². The predicted octanol–water partition coefficient (Wildman–Crippen LogP) is 2.95. The summed E-state index contributed by atoms with van der Waals surface area (Å²) in [5, 5.41) is 3.33. The number of esters is 1. The van der Waals surface area contributed by atoms with Gasteiger partial charge in [-0.25, -0.2) is 0 Å². The molecular weight excluding hydrogens is 496 g/mol. The van der Waals surface area contributed by atoms with Gasteiger partial charge in [0.25, 0.3) is 5.91 Å². The summed E-state index contributed by atoms with van der Waals surface area (Å²) in [5.41, 5.74) is 6.54. The lowest BCUT2D eigenvalue weighted by molar-refractivity contribution is -0.158. The van der Waals surface area contributed by atoms with Crippen molar-refractivity contribution in [2.75, 3.05) is 59.2 Å². The van der Waals surface area contributed by atoms with Gasteiger partial charge in [-0.05, 0) is 63.7 Å². The van der Waals surface area contributed by atoms with Gasteiger partial charge in [-0.2, -0.15) is 0 Å². The number of hydrogen-bond acceptors (Lipinski definition) is 8. The third-order valence-electron chi connectivity index (χ3n) is 8.02. The Hall–Kier alpha value is -2.07. The van der Waals surface area contributed by atoms with E-state index in [1.165, 1.54) is 7.11 Å². The number of nitrogens with one attached hydrogen (secondary N) is 1. The number of likely N-dealkylation sites (tertiary alicyclic amines) is 1. The summed E-state index contributed by atoms with van der Waals surface area (Å²) < 4.78 is 16.8. The fourth-order valence-corrected chi connectivity index (χ4v) is 6.17. The molecule has 0 aromatic heterocycles. The summed E-state index contributed by atoms with van der Waals surface area (Å²) >= 11 is 6.29. The molecule has 1 amide bonds. The fraction of sp³-hybridized carbons (Fsp3) is 0.704. The molecule has 206 valence electrons. The van der Waals surface area contributed by atoms with Crippen molar-refractivity contribution in [2.24, 2.45) is 5.92 Å². The zero-order valence-electron chi connectivity index (χ0n) is 22.0. The molecule has 0 unspecified atom stereocenters. The minimum atomic E-state index is -0.299. The van der Waals surface area contributed by atoms with Crippen molar-refractivity contribution < 1.29 is 23.8 Å². The number of nitrogens with zero attached hydrogens (tertiary/aromatic N) is 2. The van der Waals surface area contributed by atoms with Crippen LogP contribution < -0.4 is 15.8 Å². The Balaban J connectivity index is 1.15. The van der Waals surface area contributed by atoms with E-state index in [1.807, 2.05) is 0 Å². The number of nitrogen functional groups attached to an aromatic ring is 1. The predicted molar refractivity (Wildman–Crippen MR) is 143 cm³/mol. The average molecular weight is 537 g/mol. The molecule has 37 heavy (non-hydrogen) atoms. The molecule has 4 aliphatic heterocycles. The van der Waals surface area contributed by atoms with Crippen LogP contribution >= 0.6 is 11.6 Å². The Morgan fingerprint density at radius 3 is 2.51 bits per heavy atom. The number of benzene rings is 1. The summed E-state index contributed by atoms with van der Waals surface area (Å²) in [6, 6.07) is 3.01. The number of ether oxygens (including phenoxy) is 3. The number of rotatable bonds is 11. The van der Waals surface area contributed by atoms with Gasteiger partial charge in [0.2, 0.25) is 0 Å². The maximum Gasteiger partial charge on any atom is 0.306 e. The Labute approximate surface area is 224 Å². The smallest absolute Gasteiger partial charge is 0.306 e. The number of hydrogen-bond donors (Lipinski definition) is 2. The van der Waals surface area contributed by atoms with Gasteiger partial charge in [0, 0.05) is 44.9 Å². The quantitative estimate of drug-likeness (QED) is 0.252. The SMILES string of the molecule is COc1cc(N)cc(Cl)c1C(=O)N[C@@H]1CCN(CCCCCC(=O)O[C@H]2CN3CCC2CC3)C[C@@H]1OC. The molecule has 4 saturated heterocycles. The van der Waals surface area contributed by atoms with Crippen molar-refractivity contribution in [3.63, 3.8) is 0 Å². The van der Waals surface area contributed by atoms with E-state index in [-0.39, 0.29) is 40.7 Å². The zero-order chi connectivity index (χ0) is 26.4. The van der Waals surface area contributed by atoms with Crippen LogP contribution in [-0.4, -0.2) is 93.4 Å². The van der Waals surface area contributed by atoms with Gasteiger partial charge in [-0.3, -0.25) is 14.5 Å². The number of halogens is 1. The first-order chi connectivity index (χ1) is 17.9. The standard InChI is InChI=1S/C27H41ClN4O5/c1-35-22-15-19(29)14-20(28)26(22)27(34)30-21-9-13-31(17-24(21)36-2)10-5-3-4-6-25(33)37-23-16-32-11-7-18(23)8-12-32/h14-15,18,21,23-24H,3-13,16-17,29H2,1-2H3,(H,30,34)/t21-,23+,24+/m1/s1. The van der Waals surface area contributed by atoms with Crippen molar-refractivity contribution in [1.29, 1.82) is 0 Å². The molecular formula is C27H41ClN4O5. The first-order valence-corrected chi connectivity index (χ1v) is 13.9. The fourth-order valence-electron chi connectivity index (χ4n) is 5.86. The first kappa shape index (κ1) is 28.0. The monoisotopic (exact) mass is 536 g/mol. The molecule has 4 heterocycles. The van der Waals surface area contributed by atoms with Crippen LogP contribution in [0.3, 0.4) is 0 Å². The second kappa shape index (κ2) is 13.1. The number of piperidine rings is 4. The van der Waals surface area contributed by atoms with E-state index in [9.17, 15) is 9.59 Å². The maximum absolute atomic E-state index is 13.0. The second-order valence-electron chi connectivity index (χ2n) is 10.5. The highest BCUT2D eigenvalue weighted by Crippen LogP contribution is 2.31. The topological polar surface area (TPSA) is 106 Å². The molecule has 2 bridgehead atoms. The number of nitrogens with two attached hydrogens (primary N) is 1. The number of unbranched alkanes of at least 4 members (excludes halogenated alkanes) is 2. The summed E-state index contributed by atoms with van der Waals surface area (Å²) in [6.07, 6.45) is 6.39. The first-order valence-electron chi connectivity index (χ1n) is 13.5. The average Bonchev–Trinajstić information content (AvgIpc) is 2.89.